The molecule has 0 spiro atoms. The first-order valence-electron chi connectivity index (χ1n) is 8.07. The minimum absolute atomic E-state index is 0.153. The molecule has 1 fully saturated rings. The van der Waals surface area contributed by atoms with Crippen LogP contribution in [0.1, 0.15) is 19.3 Å². The van der Waals surface area contributed by atoms with E-state index in [0.29, 0.717) is 30.4 Å². The maximum Gasteiger partial charge on any atom is 0.223 e. The Labute approximate surface area is 137 Å². The van der Waals surface area contributed by atoms with Crippen LogP contribution in [0.5, 0.6) is 17.2 Å². The largest absolute Gasteiger partial charge is 0.496 e. The number of hydrogen-bond acceptors (Lipinski definition) is 5. The Morgan fingerprint density at radius 2 is 1.74 bits per heavy atom. The van der Waals surface area contributed by atoms with Crippen molar-refractivity contribution >= 4 is 5.91 Å². The van der Waals surface area contributed by atoms with Crippen LogP contribution in [0.4, 0.5) is 0 Å². The lowest BCUT2D eigenvalue weighted by Crippen LogP contribution is -2.38. The second-order valence-electron chi connectivity index (χ2n) is 5.57. The third-order valence-corrected chi connectivity index (χ3v) is 3.92. The van der Waals surface area contributed by atoms with Crippen LogP contribution < -0.4 is 24.8 Å². The molecule has 0 aliphatic carbocycles. The molecule has 1 aliphatic heterocycles. The van der Waals surface area contributed by atoms with Gasteiger partial charge >= 0.3 is 0 Å². The van der Waals surface area contributed by atoms with Gasteiger partial charge in [0.2, 0.25) is 5.91 Å². The van der Waals surface area contributed by atoms with Gasteiger partial charge in [-0.2, -0.15) is 0 Å². The second kappa shape index (κ2) is 9.25. The van der Waals surface area contributed by atoms with Crippen molar-refractivity contribution in [3.63, 3.8) is 0 Å². The summed E-state index contributed by atoms with van der Waals surface area (Å²) in [5.74, 6) is 2.40. The van der Waals surface area contributed by atoms with E-state index in [-0.39, 0.29) is 11.8 Å². The number of ether oxygens (including phenoxy) is 3. The molecule has 6 nitrogen and oxygen atoms in total. The fourth-order valence-corrected chi connectivity index (χ4v) is 2.57. The third kappa shape index (κ3) is 5.63. The Morgan fingerprint density at radius 1 is 1.13 bits per heavy atom. The van der Waals surface area contributed by atoms with Crippen LogP contribution in [0.3, 0.4) is 0 Å². The first-order chi connectivity index (χ1) is 11.2. The van der Waals surface area contributed by atoms with E-state index in [1.165, 1.54) is 0 Å². The normalized spacial score (nSPS) is 15.0. The molecule has 0 aromatic heterocycles. The lowest BCUT2D eigenvalue weighted by molar-refractivity contribution is -0.125. The van der Waals surface area contributed by atoms with Gasteiger partial charge in [0.1, 0.15) is 17.2 Å². The zero-order chi connectivity index (χ0) is 16.5. The van der Waals surface area contributed by atoms with Crippen LogP contribution in [0.15, 0.2) is 18.2 Å². The molecule has 1 aliphatic rings. The second-order valence-corrected chi connectivity index (χ2v) is 5.57. The predicted octanol–water partition coefficient (Wildman–Crippen LogP) is 1.59. The summed E-state index contributed by atoms with van der Waals surface area (Å²) in [6.45, 7) is 3.02. The van der Waals surface area contributed by atoms with Gasteiger partial charge in [-0.25, -0.2) is 0 Å². The highest BCUT2D eigenvalue weighted by atomic mass is 16.5. The monoisotopic (exact) mass is 322 g/mol. The molecule has 0 radical (unpaired) electrons. The summed E-state index contributed by atoms with van der Waals surface area (Å²) in [5.41, 5.74) is 0. The van der Waals surface area contributed by atoms with E-state index in [1.807, 2.05) is 12.1 Å². The Kier molecular flexibility index (Phi) is 7.00. The molecular formula is C17H26N2O4. The Balaban J connectivity index is 1.68. The lowest BCUT2D eigenvalue weighted by Gasteiger charge is -2.21. The van der Waals surface area contributed by atoms with Crippen LogP contribution in [0.25, 0.3) is 0 Å². The molecule has 23 heavy (non-hydrogen) atoms. The Hall–Kier alpha value is -1.95. The van der Waals surface area contributed by atoms with Crippen molar-refractivity contribution in [2.75, 3.05) is 40.5 Å². The summed E-state index contributed by atoms with van der Waals surface area (Å²) in [4.78, 5) is 12.0. The Bertz CT molecular complexity index is 479. The summed E-state index contributed by atoms with van der Waals surface area (Å²) < 4.78 is 16.1. The van der Waals surface area contributed by atoms with E-state index in [9.17, 15) is 4.79 Å². The molecule has 1 saturated heterocycles. The molecule has 128 valence electrons. The molecule has 0 unspecified atom stereocenters. The van der Waals surface area contributed by atoms with Gasteiger partial charge in [-0.05, 0) is 32.4 Å². The number of benzene rings is 1. The fraction of sp³-hybridized carbons (Fsp3) is 0.588. The van der Waals surface area contributed by atoms with Gasteiger partial charge in [0.15, 0.2) is 0 Å². The smallest absolute Gasteiger partial charge is 0.223 e. The molecular weight excluding hydrogens is 296 g/mol. The topological polar surface area (TPSA) is 68.8 Å². The van der Waals surface area contributed by atoms with Gasteiger partial charge in [-0.15, -0.1) is 0 Å². The molecule has 1 amide bonds. The molecule has 6 heteroatoms. The van der Waals surface area contributed by atoms with Crippen molar-refractivity contribution in [2.24, 2.45) is 5.92 Å². The zero-order valence-electron chi connectivity index (χ0n) is 13.9. The number of methoxy groups -OCH3 is 2. The number of amides is 1. The summed E-state index contributed by atoms with van der Waals surface area (Å²) >= 11 is 0. The van der Waals surface area contributed by atoms with Gasteiger partial charge in [0.05, 0.1) is 20.8 Å². The van der Waals surface area contributed by atoms with E-state index in [1.54, 1.807) is 20.3 Å². The number of rotatable bonds is 8. The third-order valence-electron chi connectivity index (χ3n) is 3.92. The quantitative estimate of drug-likeness (QED) is 0.711. The van der Waals surface area contributed by atoms with Crippen molar-refractivity contribution < 1.29 is 19.0 Å². The van der Waals surface area contributed by atoms with Gasteiger partial charge in [-0.3, -0.25) is 4.79 Å². The summed E-state index contributed by atoms with van der Waals surface area (Å²) in [6.07, 6.45) is 2.61. The van der Waals surface area contributed by atoms with Gasteiger partial charge < -0.3 is 24.8 Å². The molecule has 1 heterocycles. The molecule has 2 rings (SSSR count). The summed E-state index contributed by atoms with van der Waals surface area (Å²) in [6, 6.07) is 5.43. The number of piperidine rings is 1. The fourth-order valence-electron chi connectivity index (χ4n) is 2.57. The maximum atomic E-state index is 12.0. The van der Waals surface area contributed by atoms with Crippen molar-refractivity contribution in [3.8, 4) is 17.2 Å². The van der Waals surface area contributed by atoms with Crippen molar-refractivity contribution in [1.82, 2.24) is 10.6 Å². The molecule has 0 bridgehead atoms. The average Bonchev–Trinajstić information content (AvgIpc) is 2.61. The van der Waals surface area contributed by atoms with E-state index < -0.39 is 0 Å². The lowest BCUT2D eigenvalue weighted by atomic mass is 9.97. The average molecular weight is 322 g/mol. The van der Waals surface area contributed by atoms with Crippen molar-refractivity contribution in [3.05, 3.63) is 18.2 Å². The molecule has 2 N–H and O–H groups in total. The highest BCUT2D eigenvalue weighted by Gasteiger charge is 2.20. The number of carbonyl (C=O) groups excluding carboxylic acids is 1. The highest BCUT2D eigenvalue weighted by Crippen LogP contribution is 2.27. The SMILES string of the molecule is COc1cc(OC)cc(OCCCNC(=O)C2CCNCC2)c1. The van der Waals surface area contributed by atoms with Crippen LogP contribution in [0, 0.1) is 5.92 Å². The summed E-state index contributed by atoms with van der Waals surface area (Å²) in [5, 5.41) is 6.25. The van der Waals surface area contributed by atoms with Gasteiger partial charge in [0, 0.05) is 30.7 Å². The predicted molar refractivity (Wildman–Crippen MR) is 88.3 cm³/mol. The molecule has 0 atom stereocenters. The van der Waals surface area contributed by atoms with Crippen molar-refractivity contribution in [1.29, 1.82) is 0 Å². The zero-order valence-corrected chi connectivity index (χ0v) is 13.9. The number of carbonyl (C=O) groups is 1. The maximum absolute atomic E-state index is 12.0. The van der Waals surface area contributed by atoms with E-state index >= 15 is 0 Å². The first-order valence-corrected chi connectivity index (χ1v) is 8.07. The standard InChI is InChI=1S/C17H26N2O4/c1-21-14-10-15(22-2)12-16(11-14)23-9-3-6-19-17(20)13-4-7-18-8-5-13/h10-13,18H,3-9H2,1-2H3,(H,19,20). The van der Waals surface area contributed by atoms with Crippen LogP contribution in [-0.2, 0) is 4.79 Å². The first kappa shape index (κ1) is 17.4. The number of hydrogen-bond donors (Lipinski definition) is 2. The van der Waals surface area contributed by atoms with Crippen LogP contribution in [-0.4, -0.2) is 46.4 Å². The van der Waals surface area contributed by atoms with E-state index in [4.69, 9.17) is 14.2 Å². The van der Waals surface area contributed by atoms with Crippen LogP contribution >= 0.6 is 0 Å². The summed E-state index contributed by atoms with van der Waals surface area (Å²) in [7, 11) is 3.21. The minimum atomic E-state index is 0.153. The minimum Gasteiger partial charge on any atom is -0.496 e. The van der Waals surface area contributed by atoms with Crippen molar-refractivity contribution in [2.45, 2.75) is 19.3 Å². The highest BCUT2D eigenvalue weighted by molar-refractivity contribution is 5.78. The molecule has 0 saturated carbocycles. The van der Waals surface area contributed by atoms with Gasteiger partial charge in [-0.1, -0.05) is 0 Å². The van der Waals surface area contributed by atoms with Gasteiger partial charge in [0.25, 0.3) is 0 Å². The Morgan fingerprint density at radius 3 is 2.35 bits per heavy atom. The molecule has 1 aromatic carbocycles. The number of nitrogens with one attached hydrogen (secondary N) is 2. The van der Waals surface area contributed by atoms with E-state index in [2.05, 4.69) is 10.6 Å². The van der Waals surface area contributed by atoms with Crippen LogP contribution in [0.2, 0.25) is 0 Å². The molecule has 1 aromatic rings. The van der Waals surface area contributed by atoms with E-state index in [0.717, 1.165) is 32.4 Å².